The van der Waals surface area contributed by atoms with E-state index in [9.17, 15) is 18.8 Å². The van der Waals surface area contributed by atoms with Crippen molar-refractivity contribution < 1.29 is 18.8 Å². The molecular formula is C20H17ClFN5O3. The first-order valence-corrected chi connectivity index (χ1v) is 9.51. The molecule has 8 nitrogen and oxygen atoms in total. The van der Waals surface area contributed by atoms with Crippen LogP contribution in [0.15, 0.2) is 46.7 Å². The SMILES string of the molecule is Cc1cc(C)cc(N2C(=O)[C@H]3N=NN(CC(=O)Nc4ccc(F)c(Cl)c4)[C@@H]3C2=O)c1. The Labute approximate surface area is 176 Å². The lowest BCUT2D eigenvalue weighted by Gasteiger charge is -2.20. The van der Waals surface area contributed by atoms with Gasteiger partial charge in [-0.1, -0.05) is 22.9 Å². The first-order valence-electron chi connectivity index (χ1n) is 9.13. The number of aryl methyl sites for hydroxylation is 2. The molecule has 30 heavy (non-hydrogen) atoms. The quantitative estimate of drug-likeness (QED) is 0.756. The number of imide groups is 1. The maximum absolute atomic E-state index is 13.3. The second kappa shape index (κ2) is 7.49. The van der Waals surface area contributed by atoms with Crippen LogP contribution in [0.25, 0.3) is 0 Å². The van der Waals surface area contributed by atoms with E-state index in [-0.39, 0.29) is 11.6 Å². The van der Waals surface area contributed by atoms with Gasteiger partial charge in [0.1, 0.15) is 12.4 Å². The third kappa shape index (κ3) is 3.52. The minimum Gasteiger partial charge on any atom is -0.324 e. The fraction of sp³-hybridized carbons (Fsp3) is 0.250. The first-order chi connectivity index (χ1) is 14.2. The second-order valence-electron chi connectivity index (χ2n) is 7.23. The number of rotatable bonds is 4. The molecule has 1 fully saturated rings. The maximum Gasteiger partial charge on any atom is 0.263 e. The van der Waals surface area contributed by atoms with E-state index < -0.39 is 35.6 Å². The van der Waals surface area contributed by atoms with Crippen LogP contribution in [0.1, 0.15) is 11.1 Å². The van der Waals surface area contributed by atoms with Crippen LogP contribution in [0, 0.1) is 19.7 Å². The predicted octanol–water partition coefficient (Wildman–Crippen LogP) is 3.03. The summed E-state index contributed by atoms with van der Waals surface area (Å²) in [4.78, 5) is 39.3. The third-order valence-corrected chi connectivity index (χ3v) is 5.12. The van der Waals surface area contributed by atoms with Crippen LogP contribution in [-0.4, -0.2) is 41.4 Å². The number of nitrogens with one attached hydrogen (secondary N) is 1. The number of hydrogen-bond acceptors (Lipinski definition) is 6. The summed E-state index contributed by atoms with van der Waals surface area (Å²) in [6.07, 6.45) is 0. The fourth-order valence-corrected chi connectivity index (χ4v) is 3.79. The van der Waals surface area contributed by atoms with Crippen molar-refractivity contribution in [3.63, 3.8) is 0 Å². The Balaban J connectivity index is 1.50. The summed E-state index contributed by atoms with van der Waals surface area (Å²) >= 11 is 5.71. The average molecular weight is 430 g/mol. The molecule has 2 atom stereocenters. The van der Waals surface area contributed by atoms with Crippen LogP contribution in [0.2, 0.25) is 5.02 Å². The highest BCUT2D eigenvalue weighted by atomic mass is 35.5. The van der Waals surface area contributed by atoms with Crippen molar-refractivity contribution in [1.29, 1.82) is 0 Å². The Hall–Kier alpha value is -3.33. The molecule has 0 aliphatic carbocycles. The minimum atomic E-state index is -0.994. The largest absolute Gasteiger partial charge is 0.324 e. The number of nitrogens with zero attached hydrogens (tertiary/aromatic N) is 4. The maximum atomic E-state index is 13.3. The molecule has 1 saturated heterocycles. The highest BCUT2D eigenvalue weighted by Gasteiger charge is 2.55. The monoisotopic (exact) mass is 429 g/mol. The normalized spacial score (nSPS) is 20.1. The number of amides is 3. The van der Waals surface area contributed by atoms with Crippen LogP contribution < -0.4 is 10.2 Å². The summed E-state index contributed by atoms with van der Waals surface area (Å²) in [6.45, 7) is 3.44. The molecule has 0 aromatic heterocycles. The van der Waals surface area contributed by atoms with Crippen molar-refractivity contribution >= 4 is 40.7 Å². The number of hydrogen-bond donors (Lipinski definition) is 1. The number of anilines is 2. The van der Waals surface area contributed by atoms with Crippen LogP contribution >= 0.6 is 11.6 Å². The highest BCUT2D eigenvalue weighted by Crippen LogP contribution is 2.32. The molecule has 2 aromatic rings. The Bertz CT molecular complexity index is 1090. The number of fused-ring (bicyclic) bond motifs is 1. The van der Waals surface area contributed by atoms with Gasteiger partial charge >= 0.3 is 0 Å². The van der Waals surface area contributed by atoms with E-state index in [2.05, 4.69) is 15.7 Å². The average Bonchev–Trinajstić information content (AvgIpc) is 3.17. The molecule has 0 bridgehead atoms. The first kappa shape index (κ1) is 20.0. The molecule has 2 aliphatic heterocycles. The van der Waals surface area contributed by atoms with Crippen LogP contribution in [0.5, 0.6) is 0 Å². The van der Waals surface area contributed by atoms with Crippen molar-refractivity contribution in [3.8, 4) is 0 Å². The summed E-state index contributed by atoms with van der Waals surface area (Å²) in [6, 6.07) is 7.21. The topological polar surface area (TPSA) is 94.4 Å². The smallest absolute Gasteiger partial charge is 0.263 e. The Morgan fingerprint density at radius 2 is 1.83 bits per heavy atom. The van der Waals surface area contributed by atoms with Gasteiger partial charge in [0, 0.05) is 5.69 Å². The lowest BCUT2D eigenvalue weighted by Crippen LogP contribution is -2.43. The van der Waals surface area contributed by atoms with E-state index in [1.807, 2.05) is 19.9 Å². The van der Waals surface area contributed by atoms with Crippen LogP contribution in [-0.2, 0) is 14.4 Å². The van der Waals surface area contributed by atoms with E-state index in [1.165, 1.54) is 17.1 Å². The molecule has 0 unspecified atom stereocenters. The van der Waals surface area contributed by atoms with Gasteiger partial charge in [0.2, 0.25) is 5.91 Å². The highest BCUT2D eigenvalue weighted by molar-refractivity contribution is 6.31. The zero-order valence-corrected chi connectivity index (χ0v) is 16.9. The van der Waals surface area contributed by atoms with Gasteiger partial charge in [-0.25, -0.2) is 9.29 Å². The molecule has 4 rings (SSSR count). The summed E-state index contributed by atoms with van der Waals surface area (Å²) in [5.74, 6) is -2.08. The molecule has 2 aliphatic rings. The number of halogens is 2. The van der Waals surface area contributed by atoms with E-state index >= 15 is 0 Å². The molecule has 2 heterocycles. The van der Waals surface area contributed by atoms with Crippen molar-refractivity contribution in [2.24, 2.45) is 10.3 Å². The molecule has 0 spiro atoms. The third-order valence-electron chi connectivity index (χ3n) is 4.83. The van der Waals surface area contributed by atoms with Gasteiger partial charge in [-0.3, -0.25) is 19.4 Å². The molecule has 2 aromatic carbocycles. The summed E-state index contributed by atoms with van der Waals surface area (Å²) in [5.41, 5.74) is 2.60. The van der Waals surface area contributed by atoms with Crippen LogP contribution in [0.3, 0.4) is 0 Å². The summed E-state index contributed by atoms with van der Waals surface area (Å²) < 4.78 is 13.3. The van der Waals surface area contributed by atoms with Gasteiger partial charge < -0.3 is 5.32 Å². The van der Waals surface area contributed by atoms with Gasteiger partial charge in [-0.15, -0.1) is 0 Å². The fourth-order valence-electron chi connectivity index (χ4n) is 3.61. The molecule has 154 valence electrons. The Kier molecular flexibility index (Phi) is 4.98. The van der Waals surface area contributed by atoms with E-state index in [0.29, 0.717) is 11.4 Å². The zero-order chi connectivity index (χ0) is 21.6. The van der Waals surface area contributed by atoms with E-state index in [4.69, 9.17) is 11.6 Å². The lowest BCUT2D eigenvalue weighted by atomic mass is 10.1. The lowest BCUT2D eigenvalue weighted by molar-refractivity contribution is -0.123. The Morgan fingerprint density at radius 3 is 2.50 bits per heavy atom. The van der Waals surface area contributed by atoms with Crippen molar-refractivity contribution in [3.05, 3.63) is 58.4 Å². The zero-order valence-electron chi connectivity index (χ0n) is 16.1. The van der Waals surface area contributed by atoms with Gasteiger partial charge in [0.15, 0.2) is 12.1 Å². The minimum absolute atomic E-state index is 0.130. The molecule has 0 saturated carbocycles. The second-order valence-corrected chi connectivity index (χ2v) is 7.63. The predicted molar refractivity (Wildman–Crippen MR) is 108 cm³/mol. The Morgan fingerprint density at radius 1 is 1.13 bits per heavy atom. The van der Waals surface area contributed by atoms with Gasteiger partial charge in [-0.2, -0.15) is 5.11 Å². The van der Waals surface area contributed by atoms with Crippen molar-refractivity contribution in [2.75, 3.05) is 16.8 Å². The standard InChI is InChI=1S/C20H17ClFN5O3/c1-10-5-11(2)7-13(6-10)27-19(29)17-18(20(27)30)26(25-24-17)9-16(28)23-12-3-4-15(22)14(21)8-12/h3-8,17-18H,9H2,1-2H3,(H,23,28)/t17-,18-/m0/s1. The van der Waals surface area contributed by atoms with Gasteiger partial charge in [0.25, 0.3) is 11.8 Å². The van der Waals surface area contributed by atoms with E-state index in [0.717, 1.165) is 22.1 Å². The van der Waals surface area contributed by atoms with E-state index in [1.54, 1.807) is 12.1 Å². The van der Waals surface area contributed by atoms with Crippen LogP contribution in [0.4, 0.5) is 15.8 Å². The van der Waals surface area contributed by atoms with Gasteiger partial charge in [0.05, 0.1) is 10.7 Å². The van der Waals surface area contributed by atoms with Crippen molar-refractivity contribution in [2.45, 2.75) is 25.9 Å². The molecule has 1 N–H and O–H groups in total. The molecular weight excluding hydrogens is 413 g/mol. The number of benzene rings is 2. The molecule has 0 radical (unpaired) electrons. The molecule has 10 heteroatoms. The van der Waals surface area contributed by atoms with Crippen molar-refractivity contribution in [1.82, 2.24) is 5.01 Å². The summed E-state index contributed by atoms with van der Waals surface area (Å²) in [7, 11) is 0. The van der Waals surface area contributed by atoms with Gasteiger partial charge in [-0.05, 0) is 55.3 Å². The number of carbonyl (C=O) groups excluding carboxylic acids is 3. The summed E-state index contributed by atoms with van der Waals surface area (Å²) in [5, 5.41) is 11.4. The molecule has 3 amide bonds. The number of carbonyl (C=O) groups is 3.